The summed E-state index contributed by atoms with van der Waals surface area (Å²) >= 11 is 0. The Labute approximate surface area is 242 Å². The molecule has 3 aromatic rings. The number of aromatic nitrogens is 2. The molecule has 4 heterocycles. The lowest BCUT2D eigenvalue weighted by molar-refractivity contribution is -0.193. The number of amides is 2. The molecule has 0 radical (unpaired) electrons. The standard InChI is InChI=1S/C29H29FN4O9/c1-3-28(40)16-8-20-23-14(10-34(20)24(36)15(16)11-43-27(28)39)22-18(33-26(38)29(41,42)25(37)31-6-7-35)5-4-13-12(2)17(30)9-19(32-23)21(13)22/h8-9,18,35,40-42H,3-7,10-11H2,1-2H3,(H,31,37)(H,33,38)/t18-,28-/m0/s1. The Balaban J connectivity index is 1.54. The average Bonchev–Trinajstić information content (AvgIpc) is 3.35. The zero-order valence-electron chi connectivity index (χ0n) is 23.3. The smallest absolute Gasteiger partial charge is 0.343 e. The number of aliphatic hydroxyl groups is 4. The highest BCUT2D eigenvalue weighted by Gasteiger charge is 2.47. The molecule has 0 spiro atoms. The van der Waals surface area contributed by atoms with E-state index in [9.17, 15) is 34.5 Å². The van der Waals surface area contributed by atoms with Gasteiger partial charge in [-0.25, -0.2) is 14.2 Å². The Bertz CT molecular complexity index is 1820. The summed E-state index contributed by atoms with van der Waals surface area (Å²) in [5.74, 6) is -7.68. The Hall–Kier alpha value is -4.24. The summed E-state index contributed by atoms with van der Waals surface area (Å²) in [5, 5.41) is 45.9. The van der Waals surface area contributed by atoms with Crippen LogP contribution in [0.5, 0.6) is 0 Å². The first-order chi connectivity index (χ1) is 20.3. The van der Waals surface area contributed by atoms with Crippen LogP contribution in [0.4, 0.5) is 4.39 Å². The summed E-state index contributed by atoms with van der Waals surface area (Å²) in [5.41, 5.74) is 0.448. The predicted octanol–water partition coefficient (Wildman–Crippen LogP) is -0.580. The van der Waals surface area contributed by atoms with Crippen molar-refractivity contribution in [2.75, 3.05) is 13.2 Å². The Kier molecular flexibility index (Phi) is 6.65. The first kappa shape index (κ1) is 28.9. The number of hydrogen-bond acceptors (Lipinski definition) is 10. The lowest BCUT2D eigenvalue weighted by Crippen LogP contribution is -2.58. The lowest BCUT2D eigenvalue weighted by Gasteiger charge is -2.31. The van der Waals surface area contributed by atoms with Crippen molar-refractivity contribution in [3.8, 4) is 11.4 Å². The third-order valence-corrected chi connectivity index (χ3v) is 8.71. The van der Waals surface area contributed by atoms with E-state index >= 15 is 4.39 Å². The van der Waals surface area contributed by atoms with Crippen LogP contribution in [0.3, 0.4) is 0 Å². The third-order valence-electron chi connectivity index (χ3n) is 8.71. The number of benzene rings is 1. The first-order valence-electron chi connectivity index (χ1n) is 13.8. The number of carbonyl (C=O) groups is 3. The molecule has 14 heteroatoms. The summed E-state index contributed by atoms with van der Waals surface area (Å²) in [6.45, 7) is 2.06. The maximum Gasteiger partial charge on any atom is 0.343 e. The zero-order valence-corrected chi connectivity index (χ0v) is 23.3. The molecule has 2 aliphatic heterocycles. The van der Waals surface area contributed by atoms with Crippen LogP contribution in [0.25, 0.3) is 22.3 Å². The Morgan fingerprint density at radius 3 is 2.65 bits per heavy atom. The third kappa shape index (κ3) is 4.08. The number of fused-ring (bicyclic) bond motifs is 5. The number of cyclic esters (lactones) is 1. The number of hydrogen-bond donors (Lipinski definition) is 6. The molecule has 0 unspecified atom stereocenters. The molecule has 1 aromatic carbocycles. The van der Waals surface area contributed by atoms with E-state index in [2.05, 4.69) is 5.32 Å². The molecule has 1 aliphatic carbocycles. The topological polar surface area (TPSA) is 200 Å². The second-order valence-corrected chi connectivity index (χ2v) is 11.0. The van der Waals surface area contributed by atoms with Crippen molar-refractivity contribution >= 4 is 28.7 Å². The predicted molar refractivity (Wildman–Crippen MR) is 146 cm³/mol. The van der Waals surface area contributed by atoms with Crippen LogP contribution in [0.1, 0.15) is 59.2 Å². The first-order valence-corrected chi connectivity index (χ1v) is 13.8. The van der Waals surface area contributed by atoms with E-state index in [1.54, 1.807) is 13.8 Å². The van der Waals surface area contributed by atoms with Gasteiger partial charge < -0.3 is 40.4 Å². The summed E-state index contributed by atoms with van der Waals surface area (Å²) < 4.78 is 21.6. The van der Waals surface area contributed by atoms with E-state index in [0.29, 0.717) is 34.1 Å². The van der Waals surface area contributed by atoms with Gasteiger partial charge in [0, 0.05) is 29.1 Å². The molecule has 2 atom stereocenters. The second-order valence-electron chi connectivity index (χ2n) is 11.0. The minimum Gasteiger partial charge on any atom is -0.458 e. The molecular weight excluding hydrogens is 567 g/mol. The van der Waals surface area contributed by atoms with Gasteiger partial charge in [-0.2, -0.15) is 0 Å². The van der Waals surface area contributed by atoms with Crippen LogP contribution in [0, 0.1) is 12.7 Å². The van der Waals surface area contributed by atoms with E-state index < -0.39 is 53.2 Å². The number of aliphatic hydroxyl groups excluding tert-OH is 1. The fraction of sp³-hybridized carbons (Fsp3) is 0.414. The molecule has 43 heavy (non-hydrogen) atoms. The fourth-order valence-electron chi connectivity index (χ4n) is 6.35. The molecule has 2 aromatic heterocycles. The number of carbonyl (C=O) groups excluding carboxylic acids is 3. The molecule has 0 saturated heterocycles. The molecule has 0 bridgehead atoms. The molecule has 2 amide bonds. The second kappa shape index (κ2) is 9.91. The SMILES string of the molecule is CC[C@@]1(O)C(=O)OCc2c1cc1n(c2=O)Cc2c-1nc1cc(F)c(C)c3c1c2[C@@H](NC(=O)C(O)(O)C(=O)NCCO)CC3. The van der Waals surface area contributed by atoms with Crippen LogP contribution >= 0.6 is 0 Å². The number of esters is 1. The summed E-state index contributed by atoms with van der Waals surface area (Å²) in [6, 6.07) is 1.86. The minimum absolute atomic E-state index is 0.0177. The molecule has 0 fully saturated rings. The van der Waals surface area contributed by atoms with E-state index in [-0.39, 0.29) is 60.6 Å². The van der Waals surface area contributed by atoms with Crippen LogP contribution in [0.2, 0.25) is 0 Å². The number of aryl methyl sites for hydroxylation is 1. The van der Waals surface area contributed by atoms with Gasteiger partial charge in [0.05, 0.1) is 41.7 Å². The largest absolute Gasteiger partial charge is 0.458 e. The molecular formula is C29H29FN4O9. The van der Waals surface area contributed by atoms with Crippen molar-refractivity contribution in [1.82, 2.24) is 20.2 Å². The normalized spacial score (nSPS) is 20.3. The molecule has 0 saturated carbocycles. The molecule has 3 aliphatic rings. The summed E-state index contributed by atoms with van der Waals surface area (Å²) in [6.07, 6.45) is 0.439. The maximum absolute atomic E-state index is 15.1. The average molecular weight is 597 g/mol. The number of rotatable bonds is 6. The molecule has 6 N–H and O–H groups in total. The van der Waals surface area contributed by atoms with Gasteiger partial charge in [-0.15, -0.1) is 0 Å². The Morgan fingerprint density at radius 2 is 1.95 bits per heavy atom. The van der Waals surface area contributed by atoms with Gasteiger partial charge in [-0.05, 0) is 48.9 Å². The van der Waals surface area contributed by atoms with Crippen LogP contribution in [-0.2, 0) is 44.3 Å². The van der Waals surface area contributed by atoms with Crippen molar-refractivity contribution in [2.45, 2.75) is 63.7 Å². The number of pyridine rings is 2. The number of ether oxygens (including phenoxy) is 1. The number of nitrogens with one attached hydrogen (secondary N) is 2. The van der Waals surface area contributed by atoms with Crippen LogP contribution < -0.4 is 16.2 Å². The van der Waals surface area contributed by atoms with E-state index in [1.165, 1.54) is 16.7 Å². The molecule has 226 valence electrons. The minimum atomic E-state index is -3.46. The van der Waals surface area contributed by atoms with Crippen molar-refractivity contribution in [3.05, 3.63) is 61.7 Å². The highest BCUT2D eigenvalue weighted by molar-refractivity contribution is 6.06. The monoisotopic (exact) mass is 596 g/mol. The number of halogens is 1. The van der Waals surface area contributed by atoms with Crippen molar-refractivity contribution in [2.24, 2.45) is 0 Å². The molecule has 13 nitrogen and oxygen atoms in total. The highest BCUT2D eigenvalue weighted by atomic mass is 19.1. The van der Waals surface area contributed by atoms with E-state index in [4.69, 9.17) is 14.8 Å². The van der Waals surface area contributed by atoms with Gasteiger partial charge >= 0.3 is 11.8 Å². The maximum atomic E-state index is 15.1. The highest BCUT2D eigenvalue weighted by Crippen LogP contribution is 2.46. The van der Waals surface area contributed by atoms with E-state index in [1.807, 2.05) is 5.32 Å². The lowest BCUT2D eigenvalue weighted by atomic mass is 9.81. The van der Waals surface area contributed by atoms with Gasteiger partial charge in [0.25, 0.3) is 17.4 Å². The quantitative estimate of drug-likeness (QED) is 0.0951. The van der Waals surface area contributed by atoms with Crippen molar-refractivity contribution < 1.29 is 43.9 Å². The van der Waals surface area contributed by atoms with Gasteiger partial charge in [0.2, 0.25) is 0 Å². The van der Waals surface area contributed by atoms with Gasteiger partial charge in [0.15, 0.2) is 5.60 Å². The van der Waals surface area contributed by atoms with Crippen molar-refractivity contribution in [3.63, 3.8) is 0 Å². The fourth-order valence-corrected chi connectivity index (χ4v) is 6.35. The zero-order chi connectivity index (χ0) is 31.0. The summed E-state index contributed by atoms with van der Waals surface area (Å²) in [7, 11) is 0. The van der Waals surface area contributed by atoms with Gasteiger partial charge in [-0.3, -0.25) is 14.4 Å². The van der Waals surface area contributed by atoms with Crippen molar-refractivity contribution in [1.29, 1.82) is 0 Å². The summed E-state index contributed by atoms with van der Waals surface area (Å²) in [4.78, 5) is 56.2. The number of nitrogens with zero attached hydrogens (tertiary/aromatic N) is 2. The Morgan fingerprint density at radius 1 is 1.21 bits per heavy atom. The van der Waals surface area contributed by atoms with Crippen LogP contribution in [0.15, 0.2) is 16.9 Å². The van der Waals surface area contributed by atoms with Gasteiger partial charge in [0.1, 0.15) is 12.4 Å². The van der Waals surface area contributed by atoms with Crippen LogP contribution in [-0.4, -0.2) is 66.7 Å². The van der Waals surface area contributed by atoms with E-state index in [0.717, 1.165) is 0 Å². The molecule has 6 rings (SSSR count). The van der Waals surface area contributed by atoms with Gasteiger partial charge in [-0.1, -0.05) is 6.92 Å².